The van der Waals surface area contributed by atoms with Gasteiger partial charge in [0.25, 0.3) is 0 Å². The van der Waals surface area contributed by atoms with Crippen LogP contribution in [0, 0.1) is 0 Å². The van der Waals surface area contributed by atoms with E-state index in [-0.39, 0.29) is 12.0 Å². The van der Waals surface area contributed by atoms with Gasteiger partial charge >= 0.3 is 0 Å². The minimum Gasteiger partial charge on any atom is -0.374 e. The first kappa shape index (κ1) is 19.0. The van der Waals surface area contributed by atoms with Gasteiger partial charge in [0.2, 0.25) is 5.91 Å². The molecule has 0 radical (unpaired) electrons. The number of para-hydroxylation sites is 1. The summed E-state index contributed by atoms with van der Waals surface area (Å²) in [4.78, 5) is 14.2. The van der Waals surface area contributed by atoms with Gasteiger partial charge in [-0.15, -0.1) is 0 Å². The average molecular weight is 340 g/mol. The Kier molecular flexibility index (Phi) is 7.99. The SMILES string of the molecule is CCN(CC(=O)NCCCOC(C)c1ccccc1)c1ccccc1. The van der Waals surface area contributed by atoms with Gasteiger partial charge in [-0.05, 0) is 38.0 Å². The van der Waals surface area contributed by atoms with Crippen molar-refractivity contribution in [3.05, 3.63) is 66.2 Å². The molecule has 134 valence electrons. The van der Waals surface area contributed by atoms with Crippen LogP contribution in [0.5, 0.6) is 0 Å². The Bertz CT molecular complexity index is 616. The third-order valence-electron chi connectivity index (χ3n) is 4.12. The molecular weight excluding hydrogens is 312 g/mol. The van der Waals surface area contributed by atoms with Crippen molar-refractivity contribution >= 4 is 11.6 Å². The van der Waals surface area contributed by atoms with Gasteiger partial charge in [0.05, 0.1) is 12.6 Å². The van der Waals surface area contributed by atoms with E-state index >= 15 is 0 Å². The highest BCUT2D eigenvalue weighted by Gasteiger charge is 2.09. The largest absolute Gasteiger partial charge is 0.374 e. The Labute approximate surface area is 150 Å². The van der Waals surface area contributed by atoms with Crippen molar-refractivity contribution < 1.29 is 9.53 Å². The molecule has 0 aromatic heterocycles. The molecule has 4 nitrogen and oxygen atoms in total. The summed E-state index contributed by atoms with van der Waals surface area (Å²) in [5.41, 5.74) is 2.24. The van der Waals surface area contributed by atoms with Gasteiger partial charge in [-0.25, -0.2) is 0 Å². The zero-order valence-corrected chi connectivity index (χ0v) is 15.2. The van der Waals surface area contributed by atoms with E-state index in [0.29, 0.717) is 19.7 Å². The Morgan fingerprint density at radius 2 is 1.72 bits per heavy atom. The van der Waals surface area contributed by atoms with Gasteiger partial charge in [-0.2, -0.15) is 0 Å². The molecule has 0 aliphatic carbocycles. The van der Waals surface area contributed by atoms with Gasteiger partial charge in [0, 0.05) is 25.4 Å². The Morgan fingerprint density at radius 3 is 2.36 bits per heavy atom. The van der Waals surface area contributed by atoms with Crippen LogP contribution in [0.1, 0.15) is 31.9 Å². The lowest BCUT2D eigenvalue weighted by atomic mass is 10.1. The quantitative estimate of drug-likeness (QED) is 0.669. The fourth-order valence-corrected chi connectivity index (χ4v) is 2.63. The predicted molar refractivity (Wildman–Crippen MR) is 103 cm³/mol. The van der Waals surface area contributed by atoms with Gasteiger partial charge in [-0.3, -0.25) is 4.79 Å². The molecule has 0 bridgehead atoms. The van der Waals surface area contributed by atoms with E-state index in [2.05, 4.69) is 29.3 Å². The van der Waals surface area contributed by atoms with E-state index < -0.39 is 0 Å². The first-order valence-electron chi connectivity index (χ1n) is 8.94. The highest BCUT2D eigenvalue weighted by atomic mass is 16.5. The van der Waals surface area contributed by atoms with Gasteiger partial charge in [-0.1, -0.05) is 48.5 Å². The molecular formula is C21H28N2O2. The standard InChI is InChI=1S/C21H28N2O2/c1-3-23(20-13-8-5-9-14-20)17-21(24)22-15-10-16-25-18(2)19-11-6-4-7-12-19/h4-9,11-14,18H,3,10,15-17H2,1-2H3,(H,22,24). The zero-order chi connectivity index (χ0) is 17.9. The second kappa shape index (κ2) is 10.5. The van der Waals surface area contributed by atoms with Crippen molar-refractivity contribution in [2.45, 2.75) is 26.4 Å². The van der Waals surface area contributed by atoms with E-state index in [9.17, 15) is 4.79 Å². The fourth-order valence-electron chi connectivity index (χ4n) is 2.63. The van der Waals surface area contributed by atoms with Crippen molar-refractivity contribution in [2.75, 3.05) is 31.1 Å². The van der Waals surface area contributed by atoms with Crippen molar-refractivity contribution in [1.29, 1.82) is 0 Å². The molecule has 2 aromatic rings. The normalized spacial score (nSPS) is 11.8. The number of benzene rings is 2. The molecule has 0 saturated carbocycles. The summed E-state index contributed by atoms with van der Waals surface area (Å²) in [6, 6.07) is 20.2. The van der Waals surface area contributed by atoms with Crippen LogP contribution in [0.4, 0.5) is 5.69 Å². The van der Waals surface area contributed by atoms with Crippen LogP contribution < -0.4 is 10.2 Å². The summed E-state index contributed by atoms with van der Waals surface area (Å²) >= 11 is 0. The van der Waals surface area contributed by atoms with Crippen LogP contribution in [0.2, 0.25) is 0 Å². The predicted octanol–water partition coefficient (Wildman–Crippen LogP) is 3.80. The lowest BCUT2D eigenvalue weighted by Crippen LogP contribution is -2.37. The molecule has 0 aliphatic rings. The number of carbonyl (C=O) groups excluding carboxylic acids is 1. The first-order chi connectivity index (χ1) is 12.2. The molecule has 1 unspecified atom stereocenters. The molecule has 1 amide bonds. The van der Waals surface area contributed by atoms with Crippen molar-refractivity contribution in [1.82, 2.24) is 5.32 Å². The maximum atomic E-state index is 12.1. The number of nitrogens with zero attached hydrogens (tertiary/aromatic N) is 1. The monoisotopic (exact) mass is 340 g/mol. The van der Waals surface area contributed by atoms with Crippen molar-refractivity contribution in [2.24, 2.45) is 0 Å². The fraction of sp³-hybridized carbons (Fsp3) is 0.381. The number of rotatable bonds is 10. The molecule has 2 aromatic carbocycles. The number of amides is 1. The Hall–Kier alpha value is -2.33. The molecule has 0 aliphatic heterocycles. The Morgan fingerprint density at radius 1 is 1.08 bits per heavy atom. The third kappa shape index (κ3) is 6.59. The maximum Gasteiger partial charge on any atom is 0.239 e. The number of hydrogen-bond donors (Lipinski definition) is 1. The molecule has 0 spiro atoms. The summed E-state index contributed by atoms with van der Waals surface area (Å²) in [6.45, 7) is 6.54. The van der Waals surface area contributed by atoms with Crippen LogP contribution in [-0.4, -0.2) is 32.1 Å². The molecule has 0 saturated heterocycles. The smallest absolute Gasteiger partial charge is 0.239 e. The lowest BCUT2D eigenvalue weighted by Gasteiger charge is -2.22. The van der Waals surface area contributed by atoms with Gasteiger partial charge < -0.3 is 15.0 Å². The van der Waals surface area contributed by atoms with Crippen LogP contribution in [-0.2, 0) is 9.53 Å². The number of hydrogen-bond acceptors (Lipinski definition) is 3. The van der Waals surface area contributed by atoms with Crippen LogP contribution in [0.25, 0.3) is 0 Å². The molecule has 1 atom stereocenters. The van der Waals surface area contributed by atoms with E-state index in [1.807, 2.05) is 55.5 Å². The number of carbonyl (C=O) groups is 1. The second-order valence-electron chi connectivity index (χ2n) is 5.98. The third-order valence-corrected chi connectivity index (χ3v) is 4.12. The highest BCUT2D eigenvalue weighted by Crippen LogP contribution is 2.15. The summed E-state index contributed by atoms with van der Waals surface area (Å²) in [5.74, 6) is 0.0433. The average Bonchev–Trinajstić information content (AvgIpc) is 2.67. The van der Waals surface area contributed by atoms with Gasteiger partial charge in [0.15, 0.2) is 0 Å². The molecule has 0 heterocycles. The minimum atomic E-state index is 0.0433. The van der Waals surface area contributed by atoms with E-state index in [0.717, 1.165) is 18.7 Å². The second-order valence-corrected chi connectivity index (χ2v) is 5.98. The lowest BCUT2D eigenvalue weighted by molar-refractivity contribution is -0.119. The van der Waals surface area contributed by atoms with E-state index in [1.54, 1.807) is 0 Å². The van der Waals surface area contributed by atoms with Crippen LogP contribution in [0.3, 0.4) is 0 Å². The molecule has 0 fully saturated rings. The summed E-state index contributed by atoms with van der Waals surface area (Å²) < 4.78 is 5.82. The molecule has 1 N–H and O–H groups in total. The Balaban J connectivity index is 1.63. The molecule has 25 heavy (non-hydrogen) atoms. The maximum absolute atomic E-state index is 12.1. The molecule has 2 rings (SSSR count). The molecule has 4 heteroatoms. The zero-order valence-electron chi connectivity index (χ0n) is 15.2. The summed E-state index contributed by atoms with van der Waals surface area (Å²) in [5, 5.41) is 2.97. The number of likely N-dealkylation sites (N-methyl/N-ethyl adjacent to an activating group) is 1. The number of nitrogens with one attached hydrogen (secondary N) is 1. The van der Waals surface area contributed by atoms with E-state index in [1.165, 1.54) is 5.56 Å². The number of ether oxygens (including phenoxy) is 1. The first-order valence-corrected chi connectivity index (χ1v) is 8.94. The van der Waals surface area contributed by atoms with Crippen LogP contribution in [0.15, 0.2) is 60.7 Å². The number of anilines is 1. The van der Waals surface area contributed by atoms with Gasteiger partial charge in [0.1, 0.15) is 0 Å². The summed E-state index contributed by atoms with van der Waals surface area (Å²) in [6.07, 6.45) is 0.881. The topological polar surface area (TPSA) is 41.6 Å². The highest BCUT2D eigenvalue weighted by molar-refractivity contribution is 5.81. The minimum absolute atomic E-state index is 0.0433. The van der Waals surface area contributed by atoms with Crippen molar-refractivity contribution in [3.63, 3.8) is 0 Å². The van der Waals surface area contributed by atoms with E-state index in [4.69, 9.17) is 4.74 Å². The van der Waals surface area contributed by atoms with Crippen LogP contribution >= 0.6 is 0 Å². The summed E-state index contributed by atoms with van der Waals surface area (Å²) in [7, 11) is 0. The van der Waals surface area contributed by atoms with Crippen molar-refractivity contribution in [3.8, 4) is 0 Å².